The van der Waals surface area contributed by atoms with E-state index >= 15 is 0 Å². The van der Waals surface area contributed by atoms with E-state index in [1.54, 1.807) is 5.01 Å². The number of anilines is 2. The predicted molar refractivity (Wildman–Crippen MR) is 146 cm³/mol. The van der Waals surface area contributed by atoms with E-state index in [-0.39, 0.29) is 11.9 Å². The number of hydrazone groups is 1. The van der Waals surface area contributed by atoms with Crippen molar-refractivity contribution in [1.29, 1.82) is 0 Å². The molecule has 35 heavy (non-hydrogen) atoms. The van der Waals surface area contributed by atoms with Crippen LogP contribution in [0.2, 0.25) is 0 Å². The summed E-state index contributed by atoms with van der Waals surface area (Å²) in [5.74, 6) is 0.654. The fourth-order valence-corrected chi connectivity index (χ4v) is 6.81. The predicted octanol–water partition coefficient (Wildman–Crippen LogP) is 6.55. The van der Waals surface area contributed by atoms with Crippen molar-refractivity contribution in [3.05, 3.63) is 94.0 Å². The van der Waals surface area contributed by atoms with E-state index in [0.717, 1.165) is 41.7 Å². The Labute approximate surface area is 215 Å². The summed E-state index contributed by atoms with van der Waals surface area (Å²) < 4.78 is 1.05. The van der Waals surface area contributed by atoms with Gasteiger partial charge in [0.15, 0.2) is 0 Å². The highest BCUT2D eigenvalue weighted by atomic mass is 79.9. The van der Waals surface area contributed by atoms with Crippen molar-refractivity contribution in [2.75, 3.05) is 16.5 Å². The molecule has 3 aliphatic rings. The van der Waals surface area contributed by atoms with Gasteiger partial charge in [0, 0.05) is 22.7 Å². The SMILES string of the molecule is CC1=NN(c2ccc(C)cc2)C(=O)[C@@]12Cc1cc(Br)ccc1N1CC[C@@H](Cc3ccccc3)C[C@@H]12. The van der Waals surface area contributed by atoms with Crippen molar-refractivity contribution in [2.45, 2.75) is 45.6 Å². The molecule has 0 bridgehead atoms. The molecule has 1 fully saturated rings. The summed E-state index contributed by atoms with van der Waals surface area (Å²) in [6.45, 7) is 5.09. The third kappa shape index (κ3) is 3.72. The maximum atomic E-state index is 14.4. The molecule has 4 nitrogen and oxygen atoms in total. The highest BCUT2D eigenvalue weighted by Crippen LogP contribution is 2.51. The lowest BCUT2D eigenvalue weighted by atomic mass is 9.64. The third-order valence-corrected chi connectivity index (χ3v) is 8.71. The number of carbonyl (C=O) groups is 1. The maximum absolute atomic E-state index is 14.4. The largest absolute Gasteiger partial charge is 0.367 e. The number of carbonyl (C=O) groups excluding carboxylic acids is 1. The van der Waals surface area contributed by atoms with Crippen LogP contribution in [-0.2, 0) is 17.6 Å². The lowest BCUT2D eigenvalue weighted by Crippen LogP contribution is -2.62. The van der Waals surface area contributed by atoms with E-state index < -0.39 is 5.41 Å². The summed E-state index contributed by atoms with van der Waals surface area (Å²) in [6.07, 6.45) is 3.87. The Morgan fingerprint density at radius 2 is 1.80 bits per heavy atom. The van der Waals surface area contributed by atoms with Crippen molar-refractivity contribution >= 4 is 38.9 Å². The lowest BCUT2D eigenvalue weighted by Gasteiger charge is -2.52. The van der Waals surface area contributed by atoms with Crippen LogP contribution < -0.4 is 9.91 Å². The quantitative estimate of drug-likeness (QED) is 0.387. The minimum absolute atomic E-state index is 0.102. The molecule has 0 aliphatic carbocycles. The van der Waals surface area contributed by atoms with Gasteiger partial charge in [0.1, 0.15) is 5.41 Å². The van der Waals surface area contributed by atoms with Crippen LogP contribution in [0.4, 0.5) is 11.4 Å². The summed E-state index contributed by atoms with van der Waals surface area (Å²) in [5, 5.41) is 6.57. The number of hydrogen-bond acceptors (Lipinski definition) is 3. The Bertz CT molecular complexity index is 1300. The number of halogens is 1. The summed E-state index contributed by atoms with van der Waals surface area (Å²) in [5.41, 5.74) is 6.19. The van der Waals surface area contributed by atoms with Crippen molar-refractivity contribution < 1.29 is 4.79 Å². The Balaban J connectivity index is 1.41. The van der Waals surface area contributed by atoms with Gasteiger partial charge in [-0.3, -0.25) is 4.79 Å². The smallest absolute Gasteiger partial charge is 0.261 e. The van der Waals surface area contributed by atoms with E-state index in [1.165, 1.54) is 22.4 Å². The van der Waals surface area contributed by atoms with Gasteiger partial charge >= 0.3 is 0 Å². The molecule has 1 saturated heterocycles. The summed E-state index contributed by atoms with van der Waals surface area (Å²) in [7, 11) is 0. The van der Waals surface area contributed by atoms with Crippen molar-refractivity contribution in [3.8, 4) is 0 Å². The molecule has 5 heteroatoms. The number of rotatable bonds is 3. The molecular weight excluding hydrogens is 498 g/mol. The first kappa shape index (κ1) is 22.5. The van der Waals surface area contributed by atoms with Gasteiger partial charge in [-0.1, -0.05) is 64.0 Å². The van der Waals surface area contributed by atoms with E-state index in [9.17, 15) is 4.79 Å². The summed E-state index contributed by atoms with van der Waals surface area (Å²) in [4.78, 5) is 16.9. The Kier molecular flexibility index (Phi) is 5.56. The van der Waals surface area contributed by atoms with Gasteiger partial charge < -0.3 is 4.90 Å². The lowest BCUT2D eigenvalue weighted by molar-refractivity contribution is -0.125. The van der Waals surface area contributed by atoms with Crippen LogP contribution >= 0.6 is 15.9 Å². The molecule has 6 rings (SSSR count). The van der Waals surface area contributed by atoms with Gasteiger partial charge in [-0.25, -0.2) is 0 Å². The Morgan fingerprint density at radius 1 is 1.03 bits per heavy atom. The van der Waals surface area contributed by atoms with E-state index in [0.29, 0.717) is 12.3 Å². The molecule has 178 valence electrons. The fourth-order valence-electron chi connectivity index (χ4n) is 6.40. The van der Waals surface area contributed by atoms with Crippen molar-refractivity contribution in [3.63, 3.8) is 0 Å². The van der Waals surface area contributed by atoms with Gasteiger partial charge in [-0.2, -0.15) is 10.1 Å². The number of nitrogens with zero attached hydrogens (tertiary/aromatic N) is 3. The number of piperidine rings is 1. The Hall–Kier alpha value is -2.92. The first-order valence-corrected chi connectivity index (χ1v) is 13.3. The molecule has 0 aromatic heterocycles. The summed E-state index contributed by atoms with van der Waals surface area (Å²) in [6, 6.07) is 25.5. The van der Waals surface area contributed by atoms with Crippen LogP contribution in [0.5, 0.6) is 0 Å². The molecule has 0 unspecified atom stereocenters. The first-order valence-electron chi connectivity index (χ1n) is 12.5. The molecule has 0 radical (unpaired) electrons. The highest BCUT2D eigenvalue weighted by Gasteiger charge is 2.59. The van der Waals surface area contributed by atoms with Crippen LogP contribution in [0.15, 0.2) is 82.4 Å². The van der Waals surface area contributed by atoms with Gasteiger partial charge in [0.25, 0.3) is 5.91 Å². The van der Waals surface area contributed by atoms with Crippen LogP contribution in [0.1, 0.15) is 36.5 Å². The Morgan fingerprint density at radius 3 is 2.57 bits per heavy atom. The first-order chi connectivity index (χ1) is 17.0. The summed E-state index contributed by atoms with van der Waals surface area (Å²) >= 11 is 3.66. The second-order valence-electron chi connectivity index (χ2n) is 10.3. The van der Waals surface area contributed by atoms with Gasteiger partial charge in [-0.15, -0.1) is 0 Å². The van der Waals surface area contributed by atoms with E-state index in [1.807, 2.05) is 12.1 Å². The molecule has 3 heterocycles. The molecule has 1 spiro atoms. The molecule has 0 saturated carbocycles. The number of fused-ring (bicyclic) bond motifs is 4. The van der Waals surface area contributed by atoms with Crippen LogP contribution in [0.25, 0.3) is 0 Å². The molecule has 1 amide bonds. The standard InChI is InChI=1S/C30H30BrN3O/c1-20-8-11-26(12-9-20)34-29(35)30(21(2)32-34)19-24-18-25(31)10-13-27(24)33-15-14-23(17-28(30)33)16-22-6-4-3-5-7-22/h3-13,18,23,28H,14-17,19H2,1-2H3/t23-,28+,30-/m0/s1. The van der Waals surface area contributed by atoms with Crippen LogP contribution in [0.3, 0.4) is 0 Å². The maximum Gasteiger partial charge on any atom is 0.261 e. The highest BCUT2D eigenvalue weighted by molar-refractivity contribution is 9.10. The van der Waals surface area contributed by atoms with Gasteiger partial charge in [0.05, 0.1) is 11.4 Å². The average Bonchev–Trinajstić information content (AvgIpc) is 3.10. The van der Waals surface area contributed by atoms with E-state index in [2.05, 4.69) is 95.3 Å². The number of benzene rings is 3. The second-order valence-corrected chi connectivity index (χ2v) is 11.3. The molecule has 3 aliphatic heterocycles. The second kappa shape index (κ2) is 8.63. The van der Waals surface area contributed by atoms with Gasteiger partial charge in [-0.05, 0) is 86.9 Å². The number of aryl methyl sites for hydroxylation is 1. The topological polar surface area (TPSA) is 35.9 Å². The molecular formula is C30H30BrN3O. The molecule has 3 aromatic carbocycles. The van der Waals surface area contributed by atoms with Crippen LogP contribution in [0, 0.1) is 18.3 Å². The minimum Gasteiger partial charge on any atom is -0.367 e. The van der Waals surface area contributed by atoms with Crippen LogP contribution in [-0.4, -0.2) is 24.2 Å². The van der Waals surface area contributed by atoms with E-state index in [4.69, 9.17) is 5.10 Å². The minimum atomic E-state index is -0.645. The normalized spacial score (nSPS) is 25.5. The molecule has 0 N–H and O–H groups in total. The van der Waals surface area contributed by atoms with Crippen molar-refractivity contribution in [1.82, 2.24) is 0 Å². The zero-order valence-electron chi connectivity index (χ0n) is 20.2. The number of hydrogen-bond donors (Lipinski definition) is 0. The average molecular weight is 528 g/mol. The van der Waals surface area contributed by atoms with Gasteiger partial charge in [0.2, 0.25) is 0 Å². The monoisotopic (exact) mass is 527 g/mol. The number of amides is 1. The third-order valence-electron chi connectivity index (χ3n) is 8.22. The zero-order chi connectivity index (χ0) is 24.2. The zero-order valence-corrected chi connectivity index (χ0v) is 21.8. The van der Waals surface area contributed by atoms with Crippen molar-refractivity contribution in [2.24, 2.45) is 16.4 Å². The fraction of sp³-hybridized carbons (Fsp3) is 0.333. The molecule has 3 atom stereocenters. The molecule has 3 aromatic rings.